The first-order chi connectivity index (χ1) is 13.5. The summed E-state index contributed by atoms with van der Waals surface area (Å²) in [7, 11) is 4.89. The van der Waals surface area contributed by atoms with Gasteiger partial charge in [-0.25, -0.2) is 0 Å². The number of aromatic amines is 1. The number of nitrogens with one attached hydrogen (secondary N) is 2. The van der Waals surface area contributed by atoms with Gasteiger partial charge in [-0.1, -0.05) is 0 Å². The lowest BCUT2D eigenvalue weighted by atomic mass is 10.1. The molecule has 3 aromatic rings. The molecule has 0 saturated carbocycles. The molecular weight excluding hydrogens is 356 g/mol. The molecule has 0 aliphatic heterocycles. The number of amides is 1. The Kier molecular flexibility index (Phi) is 4.63. The number of aromatic nitrogens is 1. The smallest absolute Gasteiger partial charge is 0.268 e. The zero-order valence-corrected chi connectivity index (χ0v) is 16.5. The first-order valence-electron chi connectivity index (χ1n) is 9.27. The Labute approximate surface area is 163 Å². The van der Waals surface area contributed by atoms with Gasteiger partial charge in [-0.3, -0.25) is 4.79 Å². The molecule has 1 aliphatic carbocycles. The molecule has 4 rings (SSSR count). The Hall–Kier alpha value is -3.15. The second-order valence-corrected chi connectivity index (χ2v) is 7.01. The molecule has 0 spiro atoms. The van der Waals surface area contributed by atoms with E-state index in [0.717, 1.165) is 40.6 Å². The van der Waals surface area contributed by atoms with Gasteiger partial charge in [-0.15, -0.1) is 0 Å². The minimum absolute atomic E-state index is 0.0531. The molecule has 28 heavy (non-hydrogen) atoms. The SMILES string of the molecule is COc1ccc2[nH]c(C(=O)NC3CCc4cc(OC)c(OC)cc43)c(C)c2c1. The van der Waals surface area contributed by atoms with Crippen molar-refractivity contribution in [3.63, 3.8) is 0 Å². The predicted molar refractivity (Wildman–Crippen MR) is 108 cm³/mol. The summed E-state index contributed by atoms with van der Waals surface area (Å²) in [5, 5.41) is 4.16. The van der Waals surface area contributed by atoms with Crippen LogP contribution in [-0.4, -0.2) is 32.2 Å². The number of ether oxygens (including phenoxy) is 3. The molecule has 2 aromatic carbocycles. The van der Waals surface area contributed by atoms with E-state index in [9.17, 15) is 4.79 Å². The quantitative estimate of drug-likeness (QED) is 0.704. The topological polar surface area (TPSA) is 72.6 Å². The van der Waals surface area contributed by atoms with Crippen molar-refractivity contribution in [2.24, 2.45) is 0 Å². The molecule has 0 radical (unpaired) electrons. The van der Waals surface area contributed by atoms with Gasteiger partial charge in [0.05, 0.1) is 27.4 Å². The molecule has 1 aromatic heterocycles. The molecule has 146 valence electrons. The van der Waals surface area contributed by atoms with E-state index < -0.39 is 0 Å². The van der Waals surface area contributed by atoms with E-state index in [2.05, 4.69) is 10.3 Å². The number of hydrogen-bond acceptors (Lipinski definition) is 4. The van der Waals surface area contributed by atoms with Crippen molar-refractivity contribution < 1.29 is 19.0 Å². The van der Waals surface area contributed by atoms with Crippen molar-refractivity contribution in [1.29, 1.82) is 0 Å². The number of hydrogen-bond donors (Lipinski definition) is 2. The lowest BCUT2D eigenvalue weighted by Gasteiger charge is -2.16. The number of rotatable bonds is 5. The third kappa shape index (κ3) is 2.95. The summed E-state index contributed by atoms with van der Waals surface area (Å²) >= 11 is 0. The van der Waals surface area contributed by atoms with Gasteiger partial charge in [0.25, 0.3) is 5.91 Å². The van der Waals surface area contributed by atoms with Crippen molar-refractivity contribution >= 4 is 16.8 Å². The summed E-state index contributed by atoms with van der Waals surface area (Å²) in [6.07, 6.45) is 1.74. The maximum atomic E-state index is 13.0. The van der Waals surface area contributed by atoms with Gasteiger partial charge in [0, 0.05) is 10.9 Å². The molecule has 2 N–H and O–H groups in total. The second-order valence-electron chi connectivity index (χ2n) is 7.01. The van der Waals surface area contributed by atoms with Gasteiger partial charge in [0.15, 0.2) is 11.5 Å². The van der Waals surface area contributed by atoms with Crippen LogP contribution in [0.15, 0.2) is 30.3 Å². The molecular formula is C22H24N2O4. The highest BCUT2D eigenvalue weighted by molar-refractivity contribution is 6.01. The molecule has 1 amide bonds. The van der Waals surface area contributed by atoms with Crippen molar-refractivity contribution in [1.82, 2.24) is 10.3 Å². The summed E-state index contributed by atoms with van der Waals surface area (Å²) in [6, 6.07) is 9.67. The molecule has 0 fully saturated rings. The average Bonchev–Trinajstić information content (AvgIpc) is 3.27. The van der Waals surface area contributed by atoms with E-state index in [1.54, 1.807) is 21.3 Å². The highest BCUT2D eigenvalue weighted by Gasteiger charge is 2.27. The second kappa shape index (κ2) is 7.11. The van der Waals surface area contributed by atoms with Crippen LogP contribution in [0.1, 0.15) is 39.6 Å². The summed E-state index contributed by atoms with van der Waals surface area (Å²) in [5.74, 6) is 2.05. The minimum atomic E-state index is -0.111. The Balaban J connectivity index is 1.62. The monoisotopic (exact) mass is 380 g/mol. The van der Waals surface area contributed by atoms with Crippen LogP contribution < -0.4 is 19.5 Å². The largest absolute Gasteiger partial charge is 0.497 e. The maximum absolute atomic E-state index is 13.0. The lowest BCUT2D eigenvalue weighted by molar-refractivity contribution is 0.0932. The van der Waals surface area contributed by atoms with Crippen molar-refractivity contribution in [2.45, 2.75) is 25.8 Å². The molecule has 0 bridgehead atoms. The van der Waals surface area contributed by atoms with Crippen LogP contribution in [0, 0.1) is 6.92 Å². The van der Waals surface area contributed by atoms with Gasteiger partial charge in [0.1, 0.15) is 11.4 Å². The third-order valence-corrected chi connectivity index (χ3v) is 5.52. The van der Waals surface area contributed by atoms with Crippen molar-refractivity contribution in [2.75, 3.05) is 21.3 Å². The average molecular weight is 380 g/mol. The summed E-state index contributed by atoms with van der Waals surface area (Å²) < 4.78 is 16.1. The number of benzene rings is 2. The van der Waals surface area contributed by atoms with E-state index >= 15 is 0 Å². The molecule has 1 heterocycles. The fourth-order valence-electron chi connectivity index (χ4n) is 3.97. The number of aryl methyl sites for hydroxylation is 2. The molecule has 6 heteroatoms. The highest BCUT2D eigenvalue weighted by Crippen LogP contribution is 2.39. The zero-order chi connectivity index (χ0) is 19.8. The van der Waals surface area contributed by atoms with Gasteiger partial charge in [0.2, 0.25) is 0 Å². The number of methoxy groups -OCH3 is 3. The molecule has 6 nitrogen and oxygen atoms in total. The maximum Gasteiger partial charge on any atom is 0.268 e. The molecule has 1 atom stereocenters. The van der Waals surface area contributed by atoms with Crippen LogP contribution in [-0.2, 0) is 6.42 Å². The van der Waals surface area contributed by atoms with Crippen LogP contribution in [0.5, 0.6) is 17.2 Å². The summed E-state index contributed by atoms with van der Waals surface area (Å²) in [6.45, 7) is 1.95. The van der Waals surface area contributed by atoms with E-state index in [1.807, 2.05) is 37.3 Å². The van der Waals surface area contributed by atoms with E-state index in [-0.39, 0.29) is 11.9 Å². The van der Waals surface area contributed by atoms with E-state index in [4.69, 9.17) is 14.2 Å². The Bertz CT molecular complexity index is 1050. The number of H-pyrrole nitrogens is 1. The first-order valence-corrected chi connectivity index (χ1v) is 9.27. The van der Waals surface area contributed by atoms with Crippen molar-refractivity contribution in [3.05, 3.63) is 52.7 Å². The molecule has 0 saturated heterocycles. The standard InChI is InChI=1S/C22H24N2O4/c1-12-15-10-14(26-2)6-8-17(15)23-21(12)22(25)24-18-7-5-13-9-19(27-3)20(28-4)11-16(13)18/h6,8-11,18,23H,5,7H2,1-4H3,(H,24,25). The van der Waals surface area contributed by atoms with Crippen LogP contribution >= 0.6 is 0 Å². The van der Waals surface area contributed by atoms with Crippen LogP contribution in [0.3, 0.4) is 0 Å². The van der Waals surface area contributed by atoms with Gasteiger partial charge in [-0.05, 0) is 66.8 Å². The summed E-state index contributed by atoms with van der Waals surface area (Å²) in [5.41, 5.74) is 4.68. The van der Waals surface area contributed by atoms with Crippen LogP contribution in [0.25, 0.3) is 10.9 Å². The lowest BCUT2D eigenvalue weighted by Crippen LogP contribution is -2.28. The first kappa shape index (κ1) is 18.2. The third-order valence-electron chi connectivity index (χ3n) is 5.52. The fraction of sp³-hybridized carbons (Fsp3) is 0.318. The molecule has 1 unspecified atom stereocenters. The predicted octanol–water partition coefficient (Wildman–Crippen LogP) is 3.92. The molecule has 1 aliphatic rings. The van der Waals surface area contributed by atoms with E-state index in [1.165, 1.54) is 5.56 Å². The van der Waals surface area contributed by atoms with Crippen LogP contribution in [0.2, 0.25) is 0 Å². The van der Waals surface area contributed by atoms with Gasteiger partial charge >= 0.3 is 0 Å². The van der Waals surface area contributed by atoms with E-state index in [0.29, 0.717) is 17.2 Å². The number of carbonyl (C=O) groups is 1. The fourth-order valence-corrected chi connectivity index (χ4v) is 3.97. The Morgan fingerprint density at radius 1 is 1.07 bits per heavy atom. The Morgan fingerprint density at radius 3 is 2.54 bits per heavy atom. The van der Waals surface area contributed by atoms with Gasteiger partial charge in [-0.2, -0.15) is 0 Å². The summed E-state index contributed by atoms with van der Waals surface area (Å²) in [4.78, 5) is 16.2. The highest BCUT2D eigenvalue weighted by atomic mass is 16.5. The van der Waals surface area contributed by atoms with Crippen LogP contribution in [0.4, 0.5) is 0 Å². The normalized spacial score (nSPS) is 15.4. The number of carbonyl (C=O) groups excluding carboxylic acids is 1. The Morgan fingerprint density at radius 2 is 1.82 bits per heavy atom. The van der Waals surface area contributed by atoms with Crippen molar-refractivity contribution in [3.8, 4) is 17.2 Å². The number of fused-ring (bicyclic) bond motifs is 2. The zero-order valence-electron chi connectivity index (χ0n) is 16.5. The van der Waals surface area contributed by atoms with Gasteiger partial charge < -0.3 is 24.5 Å². The minimum Gasteiger partial charge on any atom is -0.497 e.